The van der Waals surface area contributed by atoms with E-state index in [0.29, 0.717) is 17.4 Å². The van der Waals surface area contributed by atoms with E-state index in [-0.39, 0.29) is 5.82 Å². The highest BCUT2D eigenvalue weighted by atomic mass is 79.9. The Kier molecular flexibility index (Phi) is 3.79. The molecule has 1 heterocycles. The van der Waals surface area contributed by atoms with Gasteiger partial charge in [0, 0.05) is 6.54 Å². The van der Waals surface area contributed by atoms with E-state index in [4.69, 9.17) is 5.11 Å². The molecule has 1 saturated heterocycles. The summed E-state index contributed by atoms with van der Waals surface area (Å²) in [5.74, 6) is -1.08. The normalized spacial score (nSPS) is 20.7. The van der Waals surface area contributed by atoms with Crippen molar-refractivity contribution in [3.63, 3.8) is 0 Å². The predicted octanol–water partition coefficient (Wildman–Crippen LogP) is 2.64. The Morgan fingerprint density at radius 2 is 2.35 bits per heavy atom. The molecule has 17 heavy (non-hydrogen) atoms. The Hall–Kier alpha value is -0.940. The number of likely N-dealkylation sites (tertiary alicyclic amines) is 1. The van der Waals surface area contributed by atoms with E-state index < -0.39 is 12.0 Å². The fraction of sp³-hybridized carbons (Fsp3) is 0.417. The molecule has 1 aromatic rings. The van der Waals surface area contributed by atoms with Crippen LogP contribution in [0, 0.1) is 5.82 Å². The van der Waals surface area contributed by atoms with Crippen molar-refractivity contribution in [1.82, 2.24) is 4.90 Å². The van der Waals surface area contributed by atoms with Gasteiger partial charge in [0.05, 0.1) is 4.47 Å². The van der Waals surface area contributed by atoms with Gasteiger partial charge >= 0.3 is 5.97 Å². The summed E-state index contributed by atoms with van der Waals surface area (Å²) in [6.07, 6.45) is 1.59. The monoisotopic (exact) mass is 301 g/mol. The van der Waals surface area contributed by atoms with E-state index in [2.05, 4.69) is 15.9 Å². The van der Waals surface area contributed by atoms with Gasteiger partial charge in [-0.3, -0.25) is 9.69 Å². The maximum atomic E-state index is 13.1. The van der Waals surface area contributed by atoms with Gasteiger partial charge in [-0.1, -0.05) is 6.07 Å². The SMILES string of the molecule is O=C(O)[C@H]1CCCN1Cc1ccc(F)c(Br)c1. The molecular formula is C12H13BrFNO2. The van der Waals surface area contributed by atoms with E-state index in [1.807, 2.05) is 4.90 Å². The quantitative estimate of drug-likeness (QED) is 0.933. The van der Waals surface area contributed by atoms with Crippen LogP contribution in [-0.2, 0) is 11.3 Å². The minimum absolute atomic E-state index is 0.301. The number of carbonyl (C=O) groups is 1. The van der Waals surface area contributed by atoms with E-state index in [9.17, 15) is 9.18 Å². The highest BCUT2D eigenvalue weighted by Gasteiger charge is 2.30. The van der Waals surface area contributed by atoms with Crippen molar-refractivity contribution < 1.29 is 14.3 Å². The van der Waals surface area contributed by atoms with Crippen LogP contribution in [0.1, 0.15) is 18.4 Å². The van der Waals surface area contributed by atoms with E-state index >= 15 is 0 Å². The first-order valence-corrected chi connectivity index (χ1v) is 6.28. The lowest BCUT2D eigenvalue weighted by atomic mass is 10.2. The summed E-state index contributed by atoms with van der Waals surface area (Å²) in [6.45, 7) is 1.34. The Bertz CT molecular complexity index is 439. The third-order valence-corrected chi connectivity index (χ3v) is 3.63. The van der Waals surface area contributed by atoms with E-state index in [1.54, 1.807) is 12.1 Å². The molecule has 0 aromatic heterocycles. The van der Waals surface area contributed by atoms with E-state index in [1.165, 1.54) is 6.07 Å². The Labute approximate surface area is 107 Å². The average molecular weight is 302 g/mol. The molecule has 1 aromatic carbocycles. The highest BCUT2D eigenvalue weighted by molar-refractivity contribution is 9.10. The second-order valence-corrected chi connectivity index (χ2v) is 5.07. The molecule has 0 saturated carbocycles. The van der Waals surface area contributed by atoms with Crippen LogP contribution < -0.4 is 0 Å². The summed E-state index contributed by atoms with van der Waals surface area (Å²) < 4.78 is 13.5. The lowest BCUT2D eigenvalue weighted by Gasteiger charge is -2.21. The van der Waals surface area contributed by atoms with Crippen molar-refractivity contribution in [2.75, 3.05) is 6.54 Å². The first kappa shape index (κ1) is 12.5. The summed E-state index contributed by atoms with van der Waals surface area (Å²) in [5.41, 5.74) is 0.923. The summed E-state index contributed by atoms with van der Waals surface area (Å²) >= 11 is 3.13. The summed E-state index contributed by atoms with van der Waals surface area (Å²) in [4.78, 5) is 12.9. The molecule has 0 bridgehead atoms. The Morgan fingerprint density at radius 3 is 3.00 bits per heavy atom. The molecular weight excluding hydrogens is 289 g/mol. The molecule has 1 aliphatic rings. The largest absolute Gasteiger partial charge is 0.480 e. The second-order valence-electron chi connectivity index (χ2n) is 4.22. The van der Waals surface area contributed by atoms with Crippen LogP contribution in [0.4, 0.5) is 4.39 Å². The number of nitrogens with zero attached hydrogens (tertiary/aromatic N) is 1. The minimum atomic E-state index is -0.774. The molecule has 0 unspecified atom stereocenters. The molecule has 1 fully saturated rings. The van der Waals surface area contributed by atoms with Crippen LogP contribution in [0.3, 0.4) is 0 Å². The van der Waals surface area contributed by atoms with Crippen LogP contribution in [0.5, 0.6) is 0 Å². The van der Waals surface area contributed by atoms with Gasteiger partial charge in [-0.15, -0.1) is 0 Å². The van der Waals surface area contributed by atoms with E-state index in [0.717, 1.165) is 18.5 Å². The molecule has 0 aliphatic carbocycles. The number of rotatable bonds is 3. The average Bonchev–Trinajstić information content (AvgIpc) is 2.72. The smallest absolute Gasteiger partial charge is 0.320 e. The first-order chi connectivity index (χ1) is 8.08. The predicted molar refractivity (Wildman–Crippen MR) is 65.2 cm³/mol. The lowest BCUT2D eigenvalue weighted by molar-refractivity contribution is -0.142. The Morgan fingerprint density at radius 1 is 1.59 bits per heavy atom. The maximum absolute atomic E-state index is 13.1. The second kappa shape index (κ2) is 5.14. The number of halogens is 2. The standard InChI is InChI=1S/C12H13BrFNO2/c13-9-6-8(3-4-10(9)14)7-15-5-1-2-11(15)12(16)17/h3-4,6,11H,1-2,5,7H2,(H,16,17)/t11-/m1/s1. The maximum Gasteiger partial charge on any atom is 0.320 e. The fourth-order valence-electron chi connectivity index (χ4n) is 2.17. The third kappa shape index (κ3) is 2.84. The number of hydrogen-bond acceptors (Lipinski definition) is 2. The topological polar surface area (TPSA) is 40.5 Å². The zero-order valence-corrected chi connectivity index (χ0v) is 10.8. The zero-order valence-electron chi connectivity index (χ0n) is 9.20. The Balaban J connectivity index is 2.09. The summed E-state index contributed by atoms with van der Waals surface area (Å²) in [6, 6.07) is 4.38. The molecule has 1 atom stereocenters. The van der Waals surface area contributed by atoms with Gasteiger partial charge in [0.1, 0.15) is 11.9 Å². The minimum Gasteiger partial charge on any atom is -0.480 e. The molecule has 0 amide bonds. The molecule has 2 rings (SSSR count). The molecule has 3 nitrogen and oxygen atoms in total. The number of benzene rings is 1. The number of carboxylic acids is 1. The third-order valence-electron chi connectivity index (χ3n) is 3.02. The van der Waals surface area contributed by atoms with Gasteiger partial charge < -0.3 is 5.11 Å². The molecule has 5 heteroatoms. The lowest BCUT2D eigenvalue weighted by Crippen LogP contribution is -2.35. The number of carboxylic acid groups (broad SMARTS) is 1. The molecule has 1 N–H and O–H groups in total. The van der Waals surface area contributed by atoms with Crippen LogP contribution >= 0.6 is 15.9 Å². The molecule has 92 valence electrons. The van der Waals surface area contributed by atoms with Crippen LogP contribution in [-0.4, -0.2) is 28.6 Å². The van der Waals surface area contributed by atoms with Crippen molar-refractivity contribution >= 4 is 21.9 Å². The van der Waals surface area contributed by atoms with Crippen LogP contribution in [0.25, 0.3) is 0 Å². The zero-order chi connectivity index (χ0) is 12.4. The molecule has 0 radical (unpaired) electrons. The van der Waals surface area contributed by atoms with Crippen LogP contribution in [0.15, 0.2) is 22.7 Å². The van der Waals surface area contributed by atoms with Gasteiger partial charge in [-0.25, -0.2) is 4.39 Å². The van der Waals surface area contributed by atoms with Crippen molar-refractivity contribution in [3.05, 3.63) is 34.1 Å². The van der Waals surface area contributed by atoms with Crippen molar-refractivity contribution in [3.8, 4) is 0 Å². The molecule has 0 spiro atoms. The van der Waals surface area contributed by atoms with Gasteiger partial charge in [-0.05, 0) is 53.0 Å². The highest BCUT2D eigenvalue weighted by Crippen LogP contribution is 2.22. The van der Waals surface area contributed by atoms with Crippen molar-refractivity contribution in [1.29, 1.82) is 0 Å². The van der Waals surface area contributed by atoms with Crippen molar-refractivity contribution in [2.45, 2.75) is 25.4 Å². The van der Waals surface area contributed by atoms with Crippen molar-refractivity contribution in [2.24, 2.45) is 0 Å². The van der Waals surface area contributed by atoms with Gasteiger partial charge in [0.15, 0.2) is 0 Å². The molecule has 1 aliphatic heterocycles. The summed E-state index contributed by atoms with van der Waals surface area (Å²) in [5, 5.41) is 9.05. The van der Waals surface area contributed by atoms with Gasteiger partial charge in [0.2, 0.25) is 0 Å². The van der Waals surface area contributed by atoms with Gasteiger partial charge in [0.25, 0.3) is 0 Å². The number of aliphatic carboxylic acids is 1. The number of hydrogen-bond donors (Lipinski definition) is 1. The summed E-state index contributed by atoms with van der Waals surface area (Å²) in [7, 11) is 0. The van der Waals surface area contributed by atoms with Crippen LogP contribution in [0.2, 0.25) is 0 Å². The fourth-order valence-corrected chi connectivity index (χ4v) is 2.59. The van der Waals surface area contributed by atoms with Gasteiger partial charge in [-0.2, -0.15) is 0 Å². The first-order valence-electron chi connectivity index (χ1n) is 5.48.